The van der Waals surface area contributed by atoms with Gasteiger partial charge in [-0.15, -0.1) is 24.8 Å². The van der Waals surface area contributed by atoms with Crippen molar-refractivity contribution in [3.8, 4) is 5.75 Å². The molecule has 3 rings (SSSR count). The number of benzene rings is 2. The smallest absolute Gasteiger partial charge is 0.319 e. The molecular formula is C32H48Cl2N4O6. The molecule has 44 heavy (non-hydrogen) atoms. The first-order chi connectivity index (χ1) is 20.4. The molecule has 12 heteroatoms. The summed E-state index contributed by atoms with van der Waals surface area (Å²) in [5.74, 6) is -0.0870. The number of nitrogens with one attached hydrogen (secondary N) is 3. The van der Waals surface area contributed by atoms with Crippen LogP contribution >= 0.6 is 24.8 Å². The molecule has 0 aliphatic carbocycles. The quantitative estimate of drug-likeness (QED) is 0.192. The number of hydrogen-bond acceptors (Lipinski definition) is 8. The number of piperidine rings is 1. The van der Waals surface area contributed by atoms with Gasteiger partial charge < -0.3 is 30.1 Å². The Morgan fingerprint density at radius 1 is 0.977 bits per heavy atom. The highest BCUT2D eigenvalue weighted by Gasteiger charge is 2.28. The van der Waals surface area contributed by atoms with Crippen molar-refractivity contribution in [2.45, 2.75) is 70.2 Å². The molecule has 0 unspecified atom stereocenters. The van der Waals surface area contributed by atoms with Crippen LogP contribution < -0.4 is 20.7 Å². The summed E-state index contributed by atoms with van der Waals surface area (Å²) in [6.07, 6.45) is 3.01. The zero-order valence-electron chi connectivity index (χ0n) is 25.7. The first kappa shape index (κ1) is 39.1. The molecule has 1 saturated heterocycles. The normalized spacial score (nSPS) is 14.7. The Labute approximate surface area is 273 Å². The summed E-state index contributed by atoms with van der Waals surface area (Å²) in [7, 11) is 1.62. The second kappa shape index (κ2) is 21.8. The fourth-order valence-electron chi connectivity index (χ4n) is 5.04. The van der Waals surface area contributed by atoms with Crippen LogP contribution in [0.25, 0.3) is 0 Å². The lowest BCUT2D eigenvalue weighted by Gasteiger charge is -2.29. The van der Waals surface area contributed by atoms with E-state index in [9.17, 15) is 19.5 Å². The number of hydrogen-bond donors (Lipinski definition) is 4. The van der Waals surface area contributed by atoms with E-state index in [1.807, 2.05) is 59.5 Å². The third-order valence-corrected chi connectivity index (χ3v) is 7.38. The molecule has 0 spiro atoms. The Bertz CT molecular complexity index is 1120. The van der Waals surface area contributed by atoms with Crippen LogP contribution in [-0.2, 0) is 32.1 Å². The molecule has 0 aromatic heterocycles. The molecule has 0 bridgehead atoms. The monoisotopic (exact) mass is 654 g/mol. The number of ether oxygens (including phenoxy) is 2. The predicted octanol–water partition coefficient (Wildman–Crippen LogP) is 3.03. The number of rotatable bonds is 17. The van der Waals surface area contributed by atoms with E-state index in [4.69, 9.17) is 9.47 Å². The van der Waals surface area contributed by atoms with Crippen molar-refractivity contribution in [1.82, 2.24) is 20.9 Å². The van der Waals surface area contributed by atoms with Gasteiger partial charge >= 0.3 is 5.97 Å². The van der Waals surface area contributed by atoms with E-state index in [1.165, 1.54) is 0 Å². The van der Waals surface area contributed by atoms with Crippen LogP contribution in [0.5, 0.6) is 5.75 Å². The summed E-state index contributed by atoms with van der Waals surface area (Å²) in [5, 5.41) is 20.4. The molecule has 246 valence electrons. The first-order valence-corrected chi connectivity index (χ1v) is 14.9. The number of methoxy groups -OCH3 is 1. The van der Waals surface area contributed by atoms with Crippen molar-refractivity contribution in [1.29, 1.82) is 0 Å². The number of esters is 1. The molecule has 3 atom stereocenters. The van der Waals surface area contributed by atoms with Crippen molar-refractivity contribution in [2.24, 2.45) is 0 Å². The minimum absolute atomic E-state index is 0. The Morgan fingerprint density at radius 2 is 1.68 bits per heavy atom. The molecule has 1 aliphatic heterocycles. The number of aliphatic hydroxyl groups excluding tert-OH is 1. The number of carbonyl (C=O) groups is 3. The van der Waals surface area contributed by atoms with Gasteiger partial charge in [0.1, 0.15) is 5.75 Å². The van der Waals surface area contributed by atoms with Gasteiger partial charge in [-0.3, -0.25) is 19.7 Å². The van der Waals surface area contributed by atoms with E-state index in [1.54, 1.807) is 14.0 Å². The summed E-state index contributed by atoms with van der Waals surface area (Å²) in [5.41, 5.74) is 1.97. The van der Waals surface area contributed by atoms with Gasteiger partial charge in [0, 0.05) is 32.6 Å². The molecule has 2 aromatic rings. The number of halogens is 2. The fraction of sp³-hybridized carbons (Fsp3) is 0.531. The summed E-state index contributed by atoms with van der Waals surface area (Å²) in [4.78, 5) is 40.3. The van der Waals surface area contributed by atoms with Gasteiger partial charge in [0.05, 0.1) is 38.4 Å². The molecular weight excluding hydrogens is 607 g/mol. The fourth-order valence-corrected chi connectivity index (χ4v) is 5.04. The topological polar surface area (TPSA) is 129 Å². The molecule has 10 nitrogen and oxygen atoms in total. The van der Waals surface area contributed by atoms with Gasteiger partial charge in [-0.25, -0.2) is 0 Å². The number of likely N-dealkylation sites (tertiary alicyclic amines) is 1. The second-order valence-electron chi connectivity index (χ2n) is 10.6. The average molecular weight is 656 g/mol. The van der Waals surface area contributed by atoms with E-state index >= 15 is 0 Å². The van der Waals surface area contributed by atoms with Gasteiger partial charge in [0.2, 0.25) is 11.8 Å². The zero-order chi connectivity index (χ0) is 30.2. The third kappa shape index (κ3) is 13.8. The van der Waals surface area contributed by atoms with Crippen molar-refractivity contribution < 1.29 is 29.0 Å². The molecule has 2 amide bonds. The number of amides is 2. The Hall–Kier alpha value is -2.89. The van der Waals surface area contributed by atoms with Crippen LogP contribution in [-0.4, -0.2) is 85.9 Å². The van der Waals surface area contributed by atoms with Crippen LogP contribution in [0.2, 0.25) is 0 Å². The average Bonchev–Trinajstić information content (AvgIpc) is 3.01. The van der Waals surface area contributed by atoms with E-state index in [0.29, 0.717) is 13.0 Å². The maximum atomic E-state index is 13.6. The van der Waals surface area contributed by atoms with E-state index in [0.717, 1.165) is 49.2 Å². The maximum absolute atomic E-state index is 13.6. The van der Waals surface area contributed by atoms with E-state index in [2.05, 4.69) is 16.0 Å². The molecule has 1 aliphatic rings. The second-order valence-corrected chi connectivity index (χ2v) is 10.6. The highest BCUT2D eigenvalue weighted by molar-refractivity contribution is 5.86. The highest BCUT2D eigenvalue weighted by Crippen LogP contribution is 2.14. The minimum atomic E-state index is -0.902. The Morgan fingerprint density at radius 3 is 2.36 bits per heavy atom. The lowest BCUT2D eigenvalue weighted by atomic mass is 9.99. The van der Waals surface area contributed by atoms with Gasteiger partial charge in [-0.2, -0.15) is 0 Å². The van der Waals surface area contributed by atoms with Gasteiger partial charge in [0.25, 0.3) is 0 Å². The van der Waals surface area contributed by atoms with Gasteiger partial charge in [0.15, 0.2) is 0 Å². The van der Waals surface area contributed by atoms with Crippen LogP contribution in [0.1, 0.15) is 50.2 Å². The summed E-state index contributed by atoms with van der Waals surface area (Å²) in [6, 6.07) is 15.9. The lowest BCUT2D eigenvalue weighted by molar-refractivity contribution is -0.142. The van der Waals surface area contributed by atoms with Crippen LogP contribution in [0.3, 0.4) is 0 Å². The summed E-state index contributed by atoms with van der Waals surface area (Å²) >= 11 is 0. The number of nitrogens with zero attached hydrogens (tertiary/aromatic N) is 1. The third-order valence-electron chi connectivity index (χ3n) is 7.38. The van der Waals surface area contributed by atoms with Crippen molar-refractivity contribution >= 4 is 42.6 Å². The molecule has 1 heterocycles. The van der Waals surface area contributed by atoms with Crippen molar-refractivity contribution in [2.75, 3.05) is 39.9 Å². The van der Waals surface area contributed by atoms with Gasteiger partial charge in [-0.05, 0) is 62.3 Å². The molecule has 0 radical (unpaired) electrons. The highest BCUT2D eigenvalue weighted by atomic mass is 35.5. The number of aliphatic hydroxyl groups is 1. The maximum Gasteiger partial charge on any atom is 0.319 e. The van der Waals surface area contributed by atoms with E-state index < -0.39 is 24.2 Å². The van der Waals surface area contributed by atoms with E-state index in [-0.39, 0.29) is 69.2 Å². The summed E-state index contributed by atoms with van der Waals surface area (Å²) < 4.78 is 10.3. The summed E-state index contributed by atoms with van der Waals surface area (Å²) in [6.45, 7) is 4.03. The largest absolute Gasteiger partial charge is 0.497 e. The predicted molar refractivity (Wildman–Crippen MR) is 175 cm³/mol. The zero-order valence-corrected chi connectivity index (χ0v) is 27.3. The molecule has 4 N–H and O–H groups in total. The SMILES string of the molecule is CCOC(=O)CN[C@H](CCC(=O)N1CCCCC1)C(=O)N[C@@H](Cc1ccccc1)[C@@H](O)CNCc1cccc(OC)c1.Cl.Cl. The van der Waals surface area contributed by atoms with Gasteiger partial charge in [-0.1, -0.05) is 42.5 Å². The van der Waals surface area contributed by atoms with Crippen LogP contribution in [0.4, 0.5) is 0 Å². The van der Waals surface area contributed by atoms with Crippen molar-refractivity contribution in [3.05, 3.63) is 65.7 Å². The molecule has 1 fully saturated rings. The molecule has 2 aromatic carbocycles. The first-order valence-electron chi connectivity index (χ1n) is 14.9. The van der Waals surface area contributed by atoms with Crippen LogP contribution in [0.15, 0.2) is 54.6 Å². The Balaban J connectivity index is 0.00000484. The number of carbonyl (C=O) groups excluding carboxylic acids is 3. The van der Waals surface area contributed by atoms with Crippen molar-refractivity contribution in [3.63, 3.8) is 0 Å². The standard InChI is InChI=1S/C32H46N4O6.2ClH/c1-3-42-31(39)23-34-27(15-16-30(38)36-17-8-5-9-18-36)32(40)35-28(20-24-11-6-4-7-12-24)29(37)22-33-21-25-13-10-14-26(19-25)41-2;;/h4,6-7,10-14,19,27-29,33-34,37H,3,5,8-9,15-18,20-23H2,1-2H3,(H,35,40);2*1H/t27-,28+,29+;;/m1../s1. The molecule has 0 saturated carbocycles. The minimum Gasteiger partial charge on any atom is -0.497 e. The lowest BCUT2D eigenvalue weighted by Crippen LogP contribution is -2.54. The van der Waals surface area contributed by atoms with Crippen LogP contribution in [0, 0.1) is 0 Å². The Kier molecular flexibility index (Phi) is 19.3.